The van der Waals surface area contributed by atoms with Gasteiger partial charge in [0.15, 0.2) is 0 Å². The molecule has 0 saturated heterocycles. The van der Waals surface area contributed by atoms with E-state index in [1.165, 1.54) is 0 Å². The minimum absolute atomic E-state index is 0.0358. The summed E-state index contributed by atoms with van der Waals surface area (Å²) in [6.45, 7) is 1.96. The van der Waals surface area contributed by atoms with E-state index >= 15 is 0 Å². The van der Waals surface area contributed by atoms with E-state index in [1.807, 2.05) is 25.1 Å². The molecule has 0 radical (unpaired) electrons. The second-order valence-corrected chi connectivity index (χ2v) is 6.62. The van der Waals surface area contributed by atoms with E-state index < -0.39 is 0 Å². The van der Waals surface area contributed by atoms with Gasteiger partial charge in [0.1, 0.15) is 17.3 Å². The van der Waals surface area contributed by atoms with Gasteiger partial charge in [0, 0.05) is 10.9 Å². The average Bonchev–Trinajstić information content (AvgIpc) is 2.56. The van der Waals surface area contributed by atoms with E-state index in [0.717, 1.165) is 21.3 Å². The molecule has 0 aliphatic carbocycles. The summed E-state index contributed by atoms with van der Waals surface area (Å²) in [4.78, 5) is 19.6. The lowest BCUT2D eigenvalue weighted by atomic mass is 10.0. The number of aromatic nitrogens is 2. The predicted molar refractivity (Wildman–Crippen MR) is 93.7 cm³/mol. The van der Waals surface area contributed by atoms with Gasteiger partial charge in [-0.2, -0.15) is 4.98 Å². The van der Waals surface area contributed by atoms with Crippen LogP contribution in [0, 0.1) is 6.92 Å². The van der Waals surface area contributed by atoms with Gasteiger partial charge in [-0.05, 0) is 36.2 Å². The van der Waals surface area contributed by atoms with E-state index in [1.54, 1.807) is 18.2 Å². The second kappa shape index (κ2) is 5.49. The standard InChI is InChI=1S/C18H13BrN2O3/c1-9-3-2-4-10-7-13-17(23)20-16(21-18(13)24-15(9)10)12-8-11(19)5-6-14(12)22/h2-6,8,22H,7H2,1H3,(H,20,21,23). The lowest BCUT2D eigenvalue weighted by Crippen LogP contribution is -2.20. The molecule has 3 aromatic rings. The van der Waals surface area contributed by atoms with Gasteiger partial charge in [0.05, 0.1) is 11.1 Å². The Labute approximate surface area is 146 Å². The number of hydrogen-bond acceptors (Lipinski definition) is 4. The first-order valence-electron chi connectivity index (χ1n) is 7.41. The fraction of sp³-hybridized carbons (Fsp3) is 0.111. The highest BCUT2D eigenvalue weighted by molar-refractivity contribution is 9.10. The molecule has 24 heavy (non-hydrogen) atoms. The largest absolute Gasteiger partial charge is 0.507 e. The maximum atomic E-state index is 12.5. The Hall–Kier alpha value is -2.60. The number of phenolic OH excluding ortho intramolecular Hbond substituents is 1. The molecule has 0 fully saturated rings. The summed E-state index contributed by atoms with van der Waals surface area (Å²) >= 11 is 3.36. The zero-order valence-electron chi connectivity index (χ0n) is 12.8. The topological polar surface area (TPSA) is 75.2 Å². The van der Waals surface area contributed by atoms with Crippen molar-refractivity contribution in [3.63, 3.8) is 0 Å². The van der Waals surface area contributed by atoms with Crippen LogP contribution in [0.1, 0.15) is 16.7 Å². The molecule has 6 heteroatoms. The summed E-state index contributed by atoms with van der Waals surface area (Å²) in [6.07, 6.45) is 0.472. The summed E-state index contributed by atoms with van der Waals surface area (Å²) < 4.78 is 6.67. The third-order valence-corrected chi connectivity index (χ3v) is 4.54. The lowest BCUT2D eigenvalue weighted by Gasteiger charge is -2.20. The predicted octanol–water partition coefficient (Wildman–Crippen LogP) is 3.91. The number of fused-ring (bicyclic) bond motifs is 2. The van der Waals surface area contributed by atoms with Crippen LogP contribution in [0.15, 0.2) is 45.7 Å². The Bertz CT molecular complexity index is 1030. The quantitative estimate of drug-likeness (QED) is 0.521. The second-order valence-electron chi connectivity index (χ2n) is 5.70. The van der Waals surface area contributed by atoms with Crippen LogP contribution in [-0.4, -0.2) is 15.1 Å². The van der Waals surface area contributed by atoms with Crippen molar-refractivity contribution in [2.45, 2.75) is 13.3 Å². The van der Waals surface area contributed by atoms with Crippen molar-refractivity contribution >= 4 is 15.9 Å². The van der Waals surface area contributed by atoms with Crippen molar-refractivity contribution in [2.75, 3.05) is 0 Å². The molecule has 0 bridgehead atoms. The SMILES string of the molecule is Cc1cccc2c1Oc1nc(-c3cc(Br)ccc3O)[nH]c(=O)c1C2. The first-order valence-corrected chi connectivity index (χ1v) is 8.20. The van der Waals surface area contributed by atoms with Gasteiger partial charge in [-0.25, -0.2) is 0 Å². The third kappa shape index (κ3) is 2.39. The molecule has 1 aliphatic heterocycles. The number of ether oxygens (including phenoxy) is 1. The van der Waals surface area contributed by atoms with Crippen molar-refractivity contribution in [3.05, 3.63) is 67.9 Å². The van der Waals surface area contributed by atoms with E-state index in [4.69, 9.17) is 4.74 Å². The minimum atomic E-state index is -0.262. The summed E-state index contributed by atoms with van der Waals surface area (Å²) in [5.74, 6) is 1.34. The molecule has 0 amide bonds. The number of aromatic amines is 1. The Morgan fingerprint density at radius 2 is 2.12 bits per heavy atom. The Balaban J connectivity index is 1.88. The molecular formula is C18H13BrN2O3. The smallest absolute Gasteiger partial charge is 0.258 e. The maximum absolute atomic E-state index is 12.5. The zero-order chi connectivity index (χ0) is 16.8. The number of benzene rings is 2. The molecule has 1 aromatic heterocycles. The Kier molecular flexibility index (Phi) is 3.42. The van der Waals surface area contributed by atoms with E-state index in [0.29, 0.717) is 17.5 Å². The van der Waals surface area contributed by atoms with Gasteiger partial charge in [-0.15, -0.1) is 0 Å². The molecule has 0 saturated carbocycles. The number of nitrogens with zero attached hydrogens (tertiary/aromatic N) is 1. The van der Waals surface area contributed by atoms with E-state index in [2.05, 4.69) is 25.9 Å². The van der Waals surface area contributed by atoms with Gasteiger partial charge < -0.3 is 14.8 Å². The number of phenols is 1. The number of aromatic hydroxyl groups is 1. The number of hydrogen-bond donors (Lipinski definition) is 2. The van der Waals surface area contributed by atoms with Crippen LogP contribution >= 0.6 is 15.9 Å². The number of halogens is 1. The van der Waals surface area contributed by atoms with Crippen LogP contribution in [0.3, 0.4) is 0 Å². The highest BCUT2D eigenvalue weighted by atomic mass is 79.9. The number of rotatable bonds is 1. The number of H-pyrrole nitrogens is 1. The van der Waals surface area contributed by atoms with Crippen LogP contribution in [0.4, 0.5) is 0 Å². The molecule has 2 heterocycles. The first kappa shape index (κ1) is 15.0. The molecular weight excluding hydrogens is 372 g/mol. The van der Waals surface area contributed by atoms with Crippen LogP contribution in [0.25, 0.3) is 11.4 Å². The molecule has 1 aliphatic rings. The lowest BCUT2D eigenvalue weighted by molar-refractivity contribution is 0.434. The molecule has 4 rings (SSSR count). The summed E-state index contributed by atoms with van der Waals surface area (Å²) in [7, 11) is 0. The fourth-order valence-corrected chi connectivity index (χ4v) is 3.19. The van der Waals surface area contributed by atoms with Gasteiger partial charge >= 0.3 is 0 Å². The third-order valence-electron chi connectivity index (χ3n) is 4.05. The molecule has 5 nitrogen and oxygen atoms in total. The van der Waals surface area contributed by atoms with Crippen LogP contribution in [-0.2, 0) is 6.42 Å². The van der Waals surface area contributed by atoms with Gasteiger partial charge in [0.2, 0.25) is 5.88 Å². The number of nitrogens with one attached hydrogen (secondary N) is 1. The molecule has 2 N–H and O–H groups in total. The highest BCUT2D eigenvalue weighted by Crippen LogP contribution is 2.37. The summed E-state index contributed by atoms with van der Waals surface area (Å²) in [6, 6.07) is 10.8. The zero-order valence-corrected chi connectivity index (χ0v) is 14.3. The van der Waals surface area contributed by atoms with Gasteiger partial charge in [-0.1, -0.05) is 34.1 Å². The van der Waals surface area contributed by atoms with Crippen molar-refractivity contribution in [2.24, 2.45) is 0 Å². The van der Waals surface area contributed by atoms with E-state index in [-0.39, 0.29) is 23.0 Å². The van der Waals surface area contributed by atoms with Crippen molar-refractivity contribution in [3.8, 4) is 28.8 Å². The molecule has 0 spiro atoms. The average molecular weight is 385 g/mol. The monoisotopic (exact) mass is 384 g/mol. The molecule has 0 atom stereocenters. The first-order chi connectivity index (χ1) is 11.5. The number of aryl methyl sites for hydroxylation is 1. The van der Waals surface area contributed by atoms with E-state index in [9.17, 15) is 9.90 Å². The summed E-state index contributed by atoms with van der Waals surface area (Å²) in [5.41, 5.74) is 2.62. The van der Waals surface area contributed by atoms with Gasteiger partial charge in [0.25, 0.3) is 5.56 Å². The van der Waals surface area contributed by atoms with Crippen molar-refractivity contribution in [1.29, 1.82) is 0 Å². The molecule has 0 unspecified atom stereocenters. The van der Waals surface area contributed by atoms with Crippen LogP contribution < -0.4 is 10.3 Å². The fourth-order valence-electron chi connectivity index (χ4n) is 2.83. The minimum Gasteiger partial charge on any atom is -0.507 e. The maximum Gasteiger partial charge on any atom is 0.258 e. The summed E-state index contributed by atoms with van der Waals surface area (Å²) in [5, 5.41) is 10.1. The van der Waals surface area contributed by atoms with Crippen LogP contribution in [0.2, 0.25) is 0 Å². The Morgan fingerprint density at radius 1 is 1.29 bits per heavy atom. The normalized spacial score (nSPS) is 12.2. The van der Waals surface area contributed by atoms with Crippen molar-refractivity contribution in [1.82, 2.24) is 9.97 Å². The van der Waals surface area contributed by atoms with Crippen LogP contribution in [0.5, 0.6) is 17.4 Å². The number of para-hydroxylation sites is 1. The molecule has 120 valence electrons. The van der Waals surface area contributed by atoms with Crippen molar-refractivity contribution < 1.29 is 9.84 Å². The Morgan fingerprint density at radius 3 is 2.96 bits per heavy atom. The van der Waals surface area contributed by atoms with Gasteiger partial charge in [-0.3, -0.25) is 4.79 Å². The highest BCUT2D eigenvalue weighted by Gasteiger charge is 2.24. The molecule has 2 aromatic carbocycles.